The molecule has 0 aliphatic carbocycles. The number of unbranched alkanes of at least 4 members (excludes halogenated alkanes) is 3. The summed E-state index contributed by atoms with van der Waals surface area (Å²) >= 11 is 0. The van der Waals surface area contributed by atoms with Crippen molar-refractivity contribution in [3.8, 4) is 17.0 Å². The summed E-state index contributed by atoms with van der Waals surface area (Å²) in [6, 6.07) is 14.2. The second kappa shape index (κ2) is 11.9. The van der Waals surface area contributed by atoms with E-state index in [1.807, 2.05) is 18.3 Å². The molecule has 0 bridgehead atoms. The fourth-order valence-corrected chi connectivity index (χ4v) is 4.44. The molecule has 1 aromatic heterocycles. The smallest absolute Gasteiger partial charge is 0.399 e. The summed E-state index contributed by atoms with van der Waals surface area (Å²) in [7, 11) is 0. The molecule has 0 fully saturated rings. The second-order valence-corrected chi connectivity index (χ2v) is 9.27. The van der Waals surface area contributed by atoms with Gasteiger partial charge < -0.3 is 4.74 Å². The van der Waals surface area contributed by atoms with Crippen molar-refractivity contribution in [2.75, 3.05) is 0 Å². The monoisotopic (exact) mass is 531 g/mol. The topological polar surface area (TPSA) is 22.1 Å². The molecule has 8 heteroatoms. The van der Waals surface area contributed by atoms with Gasteiger partial charge in [-0.15, -0.1) is 13.2 Å². The number of nitrogens with zero attached hydrogens (tertiary/aromatic N) is 1. The predicted octanol–water partition coefficient (Wildman–Crippen LogP) is 9.13. The van der Waals surface area contributed by atoms with Gasteiger partial charge in [0.25, 0.3) is 0 Å². The fraction of sp³-hybridized carbons (Fsp3) is 0.300. The van der Waals surface area contributed by atoms with E-state index in [-0.39, 0.29) is 18.4 Å². The number of fused-ring (bicyclic) bond motifs is 1. The summed E-state index contributed by atoms with van der Waals surface area (Å²) in [5.74, 6) is -4.91. The van der Waals surface area contributed by atoms with Gasteiger partial charge in [-0.3, -0.25) is 4.98 Å². The lowest BCUT2D eigenvalue weighted by Gasteiger charge is -2.12. The van der Waals surface area contributed by atoms with E-state index in [2.05, 4.69) is 22.7 Å². The van der Waals surface area contributed by atoms with Crippen molar-refractivity contribution in [1.29, 1.82) is 0 Å². The summed E-state index contributed by atoms with van der Waals surface area (Å²) in [6.45, 7) is 2.18. The first-order valence-corrected chi connectivity index (χ1v) is 12.5. The largest absolute Gasteiger partial charge is 0.573 e. The molecule has 1 heterocycles. The number of ether oxygens (including phenoxy) is 1. The molecule has 0 saturated carbocycles. The minimum absolute atomic E-state index is 0.0232. The van der Waals surface area contributed by atoms with Crippen molar-refractivity contribution in [3.05, 3.63) is 94.9 Å². The molecule has 2 nitrogen and oxygen atoms in total. The van der Waals surface area contributed by atoms with Crippen molar-refractivity contribution in [3.63, 3.8) is 0 Å². The first-order valence-electron chi connectivity index (χ1n) is 12.5. The molecule has 4 aromatic rings. The lowest BCUT2D eigenvalue weighted by atomic mass is 9.98. The number of benzene rings is 3. The Kier molecular flexibility index (Phi) is 8.59. The lowest BCUT2D eigenvalue weighted by Crippen LogP contribution is -2.19. The molecule has 0 amide bonds. The number of alkyl halides is 3. The second-order valence-electron chi connectivity index (χ2n) is 9.27. The molecule has 0 aliphatic heterocycles. The van der Waals surface area contributed by atoms with Crippen LogP contribution in [0.3, 0.4) is 0 Å². The van der Waals surface area contributed by atoms with Crippen LogP contribution < -0.4 is 4.74 Å². The van der Waals surface area contributed by atoms with Crippen LogP contribution >= 0.6 is 0 Å². The number of aryl methyl sites for hydroxylation is 3. The molecule has 200 valence electrons. The number of rotatable bonds is 10. The minimum Gasteiger partial charge on any atom is -0.399 e. The highest BCUT2D eigenvalue weighted by Gasteiger charge is 2.34. The maximum Gasteiger partial charge on any atom is 0.573 e. The zero-order chi connectivity index (χ0) is 27.3. The quantitative estimate of drug-likeness (QED) is 0.150. The summed E-state index contributed by atoms with van der Waals surface area (Å²) in [5.41, 5.74) is 3.24. The van der Waals surface area contributed by atoms with Gasteiger partial charge in [-0.1, -0.05) is 56.5 Å². The number of aromatic nitrogens is 1. The van der Waals surface area contributed by atoms with Crippen molar-refractivity contribution in [2.24, 2.45) is 0 Å². The third-order valence-corrected chi connectivity index (χ3v) is 6.43. The molecule has 4 rings (SSSR count). The van der Waals surface area contributed by atoms with E-state index in [1.54, 1.807) is 24.3 Å². The van der Waals surface area contributed by atoms with Crippen LogP contribution in [0.2, 0.25) is 0 Å². The van der Waals surface area contributed by atoms with Crippen molar-refractivity contribution in [2.45, 2.75) is 58.2 Å². The summed E-state index contributed by atoms with van der Waals surface area (Å²) in [4.78, 5) is 4.57. The van der Waals surface area contributed by atoms with Crippen LogP contribution in [0.1, 0.15) is 49.3 Å². The van der Waals surface area contributed by atoms with E-state index < -0.39 is 29.6 Å². The van der Waals surface area contributed by atoms with Crippen LogP contribution in [0.5, 0.6) is 5.75 Å². The first-order chi connectivity index (χ1) is 18.1. The van der Waals surface area contributed by atoms with E-state index in [0.29, 0.717) is 16.3 Å². The number of pyridine rings is 1. The number of hydrogen-bond donors (Lipinski definition) is 0. The zero-order valence-electron chi connectivity index (χ0n) is 20.8. The fourth-order valence-electron chi connectivity index (χ4n) is 4.44. The van der Waals surface area contributed by atoms with Gasteiger partial charge in [0.2, 0.25) is 5.75 Å². The van der Waals surface area contributed by atoms with Crippen LogP contribution in [-0.2, 0) is 19.3 Å². The molecular formula is C30H27F6NO. The Morgan fingerprint density at radius 1 is 0.763 bits per heavy atom. The Morgan fingerprint density at radius 3 is 2.18 bits per heavy atom. The Bertz CT molecular complexity index is 1380. The van der Waals surface area contributed by atoms with Gasteiger partial charge in [0.1, 0.15) is 5.82 Å². The third kappa shape index (κ3) is 6.85. The summed E-state index contributed by atoms with van der Waals surface area (Å²) in [6.07, 6.45) is 2.53. The van der Waals surface area contributed by atoms with Gasteiger partial charge in [-0.2, -0.15) is 0 Å². The van der Waals surface area contributed by atoms with E-state index >= 15 is 4.39 Å². The maximum atomic E-state index is 15.2. The Labute approximate surface area is 217 Å². The zero-order valence-corrected chi connectivity index (χ0v) is 20.8. The number of halogens is 6. The van der Waals surface area contributed by atoms with Crippen LogP contribution in [-0.4, -0.2) is 11.3 Å². The standard InChI is InChI=1S/C30H27F6NO/c1-2-3-4-5-6-19-8-14-27(37-18-19)23-12-13-24-22(17-23)11-10-21(28(24)33)9-7-20-15-25(31)29(26(32)16-20)38-30(34,35)36/h8,10-18H,2-7,9H2,1H3. The molecular weight excluding hydrogens is 504 g/mol. The van der Waals surface area contributed by atoms with Crippen LogP contribution in [0, 0.1) is 17.5 Å². The average Bonchev–Trinajstić information content (AvgIpc) is 2.88. The predicted molar refractivity (Wildman–Crippen MR) is 135 cm³/mol. The molecule has 0 N–H and O–H groups in total. The lowest BCUT2D eigenvalue weighted by molar-refractivity contribution is -0.276. The van der Waals surface area contributed by atoms with Crippen LogP contribution in [0.4, 0.5) is 26.3 Å². The normalized spacial score (nSPS) is 11.8. The maximum absolute atomic E-state index is 15.2. The van der Waals surface area contributed by atoms with Gasteiger partial charge in [0, 0.05) is 17.1 Å². The molecule has 0 unspecified atom stereocenters. The molecule has 38 heavy (non-hydrogen) atoms. The molecule has 0 radical (unpaired) electrons. The Hall–Kier alpha value is -3.55. The van der Waals surface area contributed by atoms with Gasteiger partial charge in [0.05, 0.1) is 5.69 Å². The van der Waals surface area contributed by atoms with E-state index in [4.69, 9.17) is 0 Å². The molecule has 0 atom stereocenters. The summed E-state index contributed by atoms with van der Waals surface area (Å²) < 4.78 is 83.7. The van der Waals surface area contributed by atoms with E-state index in [0.717, 1.165) is 36.2 Å². The van der Waals surface area contributed by atoms with Gasteiger partial charge in [0.15, 0.2) is 11.6 Å². The highest BCUT2D eigenvalue weighted by molar-refractivity contribution is 5.88. The first kappa shape index (κ1) is 27.5. The van der Waals surface area contributed by atoms with Crippen molar-refractivity contribution in [1.82, 2.24) is 4.98 Å². The van der Waals surface area contributed by atoms with Crippen molar-refractivity contribution < 1.29 is 31.1 Å². The minimum atomic E-state index is -5.22. The SMILES string of the molecule is CCCCCCc1ccc(-c2ccc3c(F)c(CCc4cc(F)c(OC(F)(F)F)c(F)c4)ccc3c2)nc1. The van der Waals surface area contributed by atoms with Crippen molar-refractivity contribution >= 4 is 10.8 Å². The van der Waals surface area contributed by atoms with Gasteiger partial charge in [-0.05, 0) is 72.0 Å². The Balaban J connectivity index is 1.46. The Morgan fingerprint density at radius 2 is 1.53 bits per heavy atom. The molecule has 0 aliphatic rings. The highest BCUT2D eigenvalue weighted by atomic mass is 19.4. The molecule has 0 spiro atoms. The van der Waals surface area contributed by atoms with Gasteiger partial charge in [-0.25, -0.2) is 13.2 Å². The van der Waals surface area contributed by atoms with E-state index in [1.165, 1.54) is 24.8 Å². The van der Waals surface area contributed by atoms with E-state index in [9.17, 15) is 22.0 Å². The summed E-state index contributed by atoms with van der Waals surface area (Å²) in [5, 5.41) is 1.07. The van der Waals surface area contributed by atoms with Crippen LogP contribution in [0.25, 0.3) is 22.0 Å². The molecule has 0 saturated heterocycles. The average molecular weight is 532 g/mol. The third-order valence-electron chi connectivity index (χ3n) is 6.43. The highest BCUT2D eigenvalue weighted by Crippen LogP contribution is 2.31. The number of hydrogen-bond acceptors (Lipinski definition) is 2. The molecule has 3 aromatic carbocycles. The van der Waals surface area contributed by atoms with Crippen LogP contribution in [0.15, 0.2) is 60.8 Å². The van der Waals surface area contributed by atoms with Gasteiger partial charge >= 0.3 is 6.36 Å².